The second kappa shape index (κ2) is 6.95. The fourth-order valence-electron chi connectivity index (χ4n) is 5.35. The average Bonchev–Trinajstić information content (AvgIpc) is 3.09. The van der Waals surface area contributed by atoms with Crippen molar-refractivity contribution in [3.63, 3.8) is 0 Å². The van der Waals surface area contributed by atoms with Crippen LogP contribution >= 0.6 is 11.3 Å². The third kappa shape index (κ3) is 2.76. The summed E-state index contributed by atoms with van der Waals surface area (Å²) in [5.41, 5.74) is 1.52. The summed E-state index contributed by atoms with van der Waals surface area (Å²) in [4.78, 5) is 25.5. The molecule has 6 heteroatoms. The minimum Gasteiger partial charge on any atom is -0.418 e. The predicted octanol–water partition coefficient (Wildman–Crippen LogP) is 6.00. The van der Waals surface area contributed by atoms with Crippen molar-refractivity contribution in [1.82, 2.24) is 0 Å². The van der Waals surface area contributed by atoms with Gasteiger partial charge in [-0.15, -0.1) is 11.3 Å². The smallest absolute Gasteiger partial charge is 0.345 e. The maximum Gasteiger partial charge on any atom is 0.345 e. The van der Waals surface area contributed by atoms with Gasteiger partial charge in [-0.25, -0.2) is 9.59 Å². The zero-order valence-corrected chi connectivity index (χ0v) is 19.5. The number of thiophene rings is 1. The molecule has 0 N–H and O–H groups in total. The highest BCUT2D eigenvalue weighted by atomic mass is 32.1. The molecule has 152 valence electrons. The largest absolute Gasteiger partial charge is 0.418 e. The van der Waals surface area contributed by atoms with Crippen LogP contribution in [0.3, 0.4) is 0 Å². The molecule has 4 rings (SSSR count). The Labute approximate surface area is 174 Å². The van der Waals surface area contributed by atoms with E-state index in [-0.39, 0.29) is 5.63 Å². The molecule has 0 saturated carbocycles. The van der Waals surface area contributed by atoms with Crippen LogP contribution in [0, 0.1) is 0 Å². The average molecular weight is 427 g/mol. The van der Waals surface area contributed by atoms with Gasteiger partial charge in [0, 0.05) is 5.39 Å². The van der Waals surface area contributed by atoms with Gasteiger partial charge < -0.3 is 8.83 Å². The van der Waals surface area contributed by atoms with Gasteiger partial charge in [0.1, 0.15) is 8.07 Å². The highest BCUT2D eigenvalue weighted by Gasteiger charge is 2.46. The van der Waals surface area contributed by atoms with Gasteiger partial charge in [-0.3, -0.25) is 0 Å². The molecule has 29 heavy (non-hydrogen) atoms. The van der Waals surface area contributed by atoms with Crippen LogP contribution in [0.4, 0.5) is 0 Å². The van der Waals surface area contributed by atoms with Crippen LogP contribution in [-0.2, 0) is 0 Å². The van der Waals surface area contributed by atoms with Crippen molar-refractivity contribution in [2.75, 3.05) is 0 Å². The topological polar surface area (TPSA) is 60.4 Å². The summed E-state index contributed by atoms with van der Waals surface area (Å²) in [5, 5.41) is 1.57. The lowest BCUT2D eigenvalue weighted by molar-refractivity contribution is 0.532. The van der Waals surface area contributed by atoms with E-state index in [9.17, 15) is 9.59 Å². The lowest BCUT2D eigenvalue weighted by Gasteiger charge is -2.42. The molecule has 0 spiro atoms. The van der Waals surface area contributed by atoms with Gasteiger partial charge in [-0.2, -0.15) is 0 Å². The summed E-state index contributed by atoms with van der Waals surface area (Å²) in [5.74, 6) is 0. The molecule has 0 bridgehead atoms. The van der Waals surface area contributed by atoms with Crippen molar-refractivity contribution >= 4 is 55.9 Å². The predicted molar refractivity (Wildman–Crippen MR) is 125 cm³/mol. The molecule has 0 aliphatic heterocycles. The normalized spacial score (nSPS) is 13.0. The fraction of sp³-hybridized carbons (Fsp3) is 0.391. The molecule has 0 aliphatic carbocycles. The van der Waals surface area contributed by atoms with Crippen molar-refractivity contribution in [2.45, 2.75) is 58.2 Å². The molecule has 0 saturated heterocycles. The van der Waals surface area contributed by atoms with Crippen molar-refractivity contribution in [3.05, 3.63) is 51.2 Å². The standard InChI is InChI=1S/C23H26O4SSi/c1-12(2)29(13(3)4,14(5)6)18-11-17-21(28-18)20-19(26-23(17)25)15-9-7-8-10-16(15)22(24)27-20/h7-14H,1-6H3. The zero-order chi connectivity index (χ0) is 21.1. The van der Waals surface area contributed by atoms with Crippen molar-refractivity contribution < 1.29 is 8.83 Å². The molecule has 3 aromatic heterocycles. The van der Waals surface area contributed by atoms with Gasteiger partial charge in [0.2, 0.25) is 0 Å². The third-order valence-corrected chi connectivity index (χ3v) is 15.5. The number of rotatable bonds is 4. The minimum absolute atomic E-state index is 0.358. The van der Waals surface area contributed by atoms with Gasteiger partial charge in [-0.1, -0.05) is 59.7 Å². The van der Waals surface area contributed by atoms with E-state index in [1.807, 2.05) is 12.1 Å². The third-order valence-electron chi connectivity index (χ3n) is 6.44. The van der Waals surface area contributed by atoms with Crippen LogP contribution in [0.5, 0.6) is 0 Å². The lowest BCUT2D eigenvalue weighted by Crippen LogP contribution is -2.54. The number of fused-ring (bicyclic) bond motifs is 5. The lowest BCUT2D eigenvalue weighted by atomic mass is 10.1. The Hall–Kier alpha value is -2.18. The molecular formula is C23H26O4SSi. The molecule has 4 nitrogen and oxygen atoms in total. The Morgan fingerprint density at radius 1 is 0.759 bits per heavy atom. The maximum absolute atomic E-state index is 12.9. The Morgan fingerprint density at radius 3 is 1.86 bits per heavy atom. The summed E-state index contributed by atoms with van der Waals surface area (Å²) in [7, 11) is -1.95. The van der Waals surface area contributed by atoms with E-state index in [1.54, 1.807) is 29.5 Å². The molecule has 0 fully saturated rings. The molecule has 0 amide bonds. The highest BCUT2D eigenvalue weighted by molar-refractivity contribution is 7.33. The fourth-order valence-corrected chi connectivity index (χ4v) is 15.5. The molecule has 4 aromatic rings. The van der Waals surface area contributed by atoms with Gasteiger partial charge in [0.25, 0.3) is 0 Å². The van der Waals surface area contributed by atoms with Crippen molar-refractivity contribution in [2.24, 2.45) is 0 Å². The number of benzene rings is 1. The first kappa shape index (κ1) is 20.1. The van der Waals surface area contributed by atoms with E-state index >= 15 is 0 Å². The van der Waals surface area contributed by atoms with E-state index in [0.717, 1.165) is 4.70 Å². The van der Waals surface area contributed by atoms with Crippen LogP contribution < -0.4 is 15.8 Å². The van der Waals surface area contributed by atoms with E-state index in [0.29, 0.717) is 43.9 Å². The van der Waals surface area contributed by atoms with Crippen LogP contribution in [0.1, 0.15) is 41.5 Å². The summed E-state index contributed by atoms with van der Waals surface area (Å²) in [6, 6.07) is 9.12. The van der Waals surface area contributed by atoms with Gasteiger partial charge in [0.15, 0.2) is 11.2 Å². The van der Waals surface area contributed by atoms with E-state index in [1.165, 1.54) is 4.50 Å². The highest BCUT2D eigenvalue weighted by Crippen LogP contribution is 2.43. The van der Waals surface area contributed by atoms with Crippen molar-refractivity contribution in [3.8, 4) is 0 Å². The summed E-state index contributed by atoms with van der Waals surface area (Å²) < 4.78 is 13.4. The van der Waals surface area contributed by atoms with Gasteiger partial charge >= 0.3 is 11.3 Å². The summed E-state index contributed by atoms with van der Waals surface area (Å²) in [6.45, 7) is 13.8. The van der Waals surface area contributed by atoms with Crippen LogP contribution in [0.25, 0.3) is 32.0 Å². The molecule has 1 aromatic carbocycles. The SMILES string of the molecule is CC(C)[Si](c1cc2c(=O)oc3c4ccccc4c(=O)oc3c2s1)(C(C)C)C(C)C. The van der Waals surface area contributed by atoms with Gasteiger partial charge in [0.05, 0.1) is 15.5 Å². The quantitative estimate of drug-likeness (QED) is 0.297. The molecule has 0 atom stereocenters. The van der Waals surface area contributed by atoms with E-state index < -0.39 is 13.7 Å². The molecule has 0 unspecified atom stereocenters. The minimum atomic E-state index is -1.95. The first-order valence-corrected chi connectivity index (χ1v) is 13.2. The summed E-state index contributed by atoms with van der Waals surface area (Å²) in [6.07, 6.45) is 0. The van der Waals surface area contributed by atoms with E-state index in [2.05, 4.69) is 41.5 Å². The Morgan fingerprint density at radius 2 is 1.28 bits per heavy atom. The first-order chi connectivity index (χ1) is 13.7. The van der Waals surface area contributed by atoms with Crippen LogP contribution in [0.15, 0.2) is 48.8 Å². The maximum atomic E-state index is 12.9. The number of hydrogen-bond acceptors (Lipinski definition) is 5. The number of hydrogen-bond donors (Lipinski definition) is 0. The first-order valence-electron chi connectivity index (χ1n) is 10.1. The Bertz CT molecular complexity index is 1320. The molecule has 3 heterocycles. The van der Waals surface area contributed by atoms with Crippen LogP contribution in [-0.4, -0.2) is 8.07 Å². The zero-order valence-electron chi connectivity index (χ0n) is 17.7. The summed E-state index contributed by atoms with van der Waals surface area (Å²) >= 11 is 1.62. The monoisotopic (exact) mass is 426 g/mol. The van der Waals surface area contributed by atoms with Crippen molar-refractivity contribution in [1.29, 1.82) is 0 Å². The Balaban J connectivity index is 2.17. The second-order valence-electron chi connectivity index (χ2n) is 8.73. The van der Waals surface area contributed by atoms with Gasteiger partial charge in [-0.05, 0) is 33.3 Å². The molecule has 0 radical (unpaired) electrons. The van der Waals surface area contributed by atoms with E-state index in [4.69, 9.17) is 8.83 Å². The van der Waals surface area contributed by atoms with Crippen LogP contribution in [0.2, 0.25) is 16.6 Å². The molecular weight excluding hydrogens is 400 g/mol. The second-order valence-corrected chi connectivity index (χ2v) is 16.0. The molecule has 0 aliphatic rings. The Kier molecular flexibility index (Phi) is 4.82.